The van der Waals surface area contributed by atoms with Crippen LogP contribution in [0.2, 0.25) is 0 Å². The van der Waals surface area contributed by atoms with E-state index in [2.05, 4.69) is 10.3 Å². The maximum absolute atomic E-state index is 12.8. The van der Waals surface area contributed by atoms with E-state index in [1.165, 1.54) is 32.4 Å². The number of hydrogen-bond acceptors (Lipinski definition) is 11. The van der Waals surface area contributed by atoms with E-state index < -0.39 is 23.0 Å². The smallest absolute Gasteiger partial charge is 0.340 e. The fourth-order valence-electron chi connectivity index (χ4n) is 4.35. The Morgan fingerprint density at radius 3 is 2.21 bits per heavy atom. The summed E-state index contributed by atoms with van der Waals surface area (Å²) >= 11 is 0. The van der Waals surface area contributed by atoms with Crippen molar-refractivity contribution >= 4 is 17.6 Å². The van der Waals surface area contributed by atoms with Gasteiger partial charge < -0.3 is 29.4 Å². The minimum atomic E-state index is -0.764. The third-order valence-corrected chi connectivity index (χ3v) is 6.35. The molecule has 1 atom stereocenters. The topological polar surface area (TPSA) is 159 Å². The number of nitrogens with one attached hydrogen (secondary N) is 1. The number of para-hydroxylation sites is 1. The van der Waals surface area contributed by atoms with Gasteiger partial charge in [0.1, 0.15) is 24.2 Å². The number of aliphatic hydroxyl groups is 1. The van der Waals surface area contributed by atoms with Gasteiger partial charge in [-0.1, -0.05) is 18.2 Å². The Morgan fingerprint density at radius 2 is 1.62 bits per heavy atom. The summed E-state index contributed by atoms with van der Waals surface area (Å²) in [6.07, 6.45) is 0.648. The van der Waals surface area contributed by atoms with Gasteiger partial charge >= 0.3 is 11.9 Å². The zero-order chi connectivity index (χ0) is 30.6. The first kappa shape index (κ1) is 32.0. The fraction of sp³-hybridized carbons (Fsp3) is 0.367. The van der Waals surface area contributed by atoms with E-state index in [0.717, 1.165) is 0 Å². The molecule has 1 aromatic heterocycles. The van der Waals surface area contributed by atoms with E-state index in [-0.39, 0.29) is 58.3 Å². The number of benzene rings is 2. The number of hydrogen-bond donors (Lipinski definition) is 2. The molecule has 1 heterocycles. The number of non-ortho nitro benzene ring substituents is 1. The van der Waals surface area contributed by atoms with E-state index in [4.69, 9.17) is 18.9 Å². The van der Waals surface area contributed by atoms with E-state index >= 15 is 0 Å². The molecular formula is C30H35N3O9. The lowest BCUT2D eigenvalue weighted by atomic mass is 9.91. The van der Waals surface area contributed by atoms with Crippen molar-refractivity contribution in [3.63, 3.8) is 0 Å². The third kappa shape index (κ3) is 8.24. The number of nitrogens with zero attached hydrogens (tertiary/aromatic N) is 2. The van der Waals surface area contributed by atoms with Crippen LogP contribution in [0.25, 0.3) is 11.1 Å². The molecule has 3 aromatic rings. The predicted molar refractivity (Wildman–Crippen MR) is 154 cm³/mol. The highest BCUT2D eigenvalue weighted by Gasteiger charge is 2.30. The highest BCUT2D eigenvalue weighted by Crippen LogP contribution is 2.40. The molecule has 0 aliphatic carbocycles. The molecule has 0 amide bonds. The summed E-state index contributed by atoms with van der Waals surface area (Å²) in [6, 6.07) is 13.2. The molecule has 224 valence electrons. The number of nitro groups is 1. The molecule has 0 aliphatic heterocycles. The van der Waals surface area contributed by atoms with Crippen molar-refractivity contribution < 1.29 is 38.6 Å². The van der Waals surface area contributed by atoms with Crippen LogP contribution >= 0.6 is 0 Å². The fourth-order valence-corrected chi connectivity index (χ4v) is 4.35. The Bertz CT molecular complexity index is 1360. The molecule has 0 fully saturated rings. The zero-order valence-corrected chi connectivity index (χ0v) is 24.0. The molecule has 42 heavy (non-hydrogen) atoms. The highest BCUT2D eigenvalue weighted by molar-refractivity contribution is 6.08. The number of aliphatic hydroxyl groups excluding tert-OH is 1. The highest BCUT2D eigenvalue weighted by atomic mass is 16.6. The van der Waals surface area contributed by atoms with Crippen LogP contribution in [0.15, 0.2) is 48.5 Å². The Morgan fingerprint density at radius 1 is 0.976 bits per heavy atom. The molecule has 12 heteroatoms. The van der Waals surface area contributed by atoms with Crippen molar-refractivity contribution in [2.24, 2.45) is 0 Å². The minimum absolute atomic E-state index is 0.0205. The molecule has 0 saturated carbocycles. The van der Waals surface area contributed by atoms with Gasteiger partial charge in [-0.15, -0.1) is 0 Å². The second kappa shape index (κ2) is 15.5. The van der Waals surface area contributed by atoms with Gasteiger partial charge in [0.15, 0.2) is 0 Å². The van der Waals surface area contributed by atoms with Gasteiger partial charge in [-0.05, 0) is 51.4 Å². The molecule has 2 N–H and O–H groups in total. The summed E-state index contributed by atoms with van der Waals surface area (Å²) in [5.41, 5.74) is 0.517. The summed E-state index contributed by atoms with van der Waals surface area (Å²) in [5.74, 6) is -0.601. The second-order valence-electron chi connectivity index (χ2n) is 9.37. The normalized spacial score (nSPS) is 11.5. The standard InChI is InChI=1S/C30H35N3O9/c1-19-26(29(35)39-3)28(27(20(2)32-19)30(36)40-4)24-16-21(33(37)38)12-13-25(24)41-15-9-8-14-31-17-22(34)18-42-23-10-6-5-7-11-23/h5-7,10-13,16,22,31,34H,8-9,14-15,17-18H2,1-4H3/t22-/m1/s1. The first-order valence-corrected chi connectivity index (χ1v) is 13.3. The lowest BCUT2D eigenvalue weighted by Crippen LogP contribution is -2.32. The average molecular weight is 582 g/mol. The lowest BCUT2D eigenvalue weighted by Gasteiger charge is -2.19. The van der Waals surface area contributed by atoms with Crippen LogP contribution < -0.4 is 14.8 Å². The molecule has 2 aromatic carbocycles. The van der Waals surface area contributed by atoms with Gasteiger partial charge in [0.2, 0.25) is 0 Å². The first-order chi connectivity index (χ1) is 20.2. The quantitative estimate of drug-likeness (QED) is 0.115. The number of pyridine rings is 1. The summed E-state index contributed by atoms with van der Waals surface area (Å²) in [4.78, 5) is 41.0. The maximum Gasteiger partial charge on any atom is 0.340 e. The predicted octanol–water partition coefficient (Wildman–Crippen LogP) is 4.04. The number of esters is 2. The number of carbonyl (C=O) groups excluding carboxylic acids is 2. The molecule has 0 spiro atoms. The second-order valence-corrected chi connectivity index (χ2v) is 9.37. The molecule has 12 nitrogen and oxygen atoms in total. The molecule has 0 bridgehead atoms. The van der Waals surface area contributed by atoms with Gasteiger partial charge in [-0.25, -0.2) is 9.59 Å². The minimum Gasteiger partial charge on any atom is -0.493 e. The number of carbonyl (C=O) groups is 2. The molecule has 0 aliphatic rings. The van der Waals surface area contributed by atoms with E-state index in [0.29, 0.717) is 31.7 Å². The molecule has 3 rings (SSSR count). The van der Waals surface area contributed by atoms with Crippen molar-refractivity contribution in [1.29, 1.82) is 0 Å². The van der Waals surface area contributed by atoms with Crippen LogP contribution in [0, 0.1) is 24.0 Å². The third-order valence-electron chi connectivity index (χ3n) is 6.35. The van der Waals surface area contributed by atoms with E-state index in [1.54, 1.807) is 13.8 Å². The average Bonchev–Trinajstić information content (AvgIpc) is 2.99. The van der Waals surface area contributed by atoms with Crippen LogP contribution in [0.1, 0.15) is 44.9 Å². The maximum atomic E-state index is 12.8. The Kier molecular flexibility index (Phi) is 11.8. The summed E-state index contributed by atoms with van der Waals surface area (Å²) in [5, 5.41) is 24.9. The lowest BCUT2D eigenvalue weighted by molar-refractivity contribution is -0.384. The largest absolute Gasteiger partial charge is 0.493 e. The van der Waals surface area contributed by atoms with Crippen LogP contribution in [0.4, 0.5) is 5.69 Å². The van der Waals surface area contributed by atoms with Crippen molar-refractivity contribution in [3.8, 4) is 22.6 Å². The van der Waals surface area contributed by atoms with Crippen molar-refractivity contribution in [2.75, 3.05) is 40.5 Å². The van der Waals surface area contributed by atoms with Gasteiger partial charge in [0.25, 0.3) is 5.69 Å². The number of aryl methyl sites for hydroxylation is 2. The Balaban J connectivity index is 1.73. The number of unbranched alkanes of at least 4 members (excludes halogenated alkanes) is 1. The van der Waals surface area contributed by atoms with Crippen molar-refractivity contribution in [2.45, 2.75) is 32.8 Å². The Labute approximate surface area is 243 Å². The summed E-state index contributed by atoms with van der Waals surface area (Å²) in [6.45, 7) is 4.54. The number of nitro benzene ring substituents is 1. The number of aromatic nitrogens is 1. The van der Waals surface area contributed by atoms with Crippen LogP contribution in [-0.4, -0.2) is 73.6 Å². The molecule has 0 unspecified atom stereocenters. The number of rotatable bonds is 15. The van der Waals surface area contributed by atoms with Gasteiger partial charge in [0.05, 0.1) is 48.3 Å². The molecule has 0 saturated heterocycles. The van der Waals surface area contributed by atoms with Crippen molar-refractivity contribution in [1.82, 2.24) is 10.3 Å². The van der Waals surface area contributed by atoms with Crippen LogP contribution in [-0.2, 0) is 9.47 Å². The van der Waals surface area contributed by atoms with Crippen LogP contribution in [0.5, 0.6) is 11.5 Å². The zero-order valence-electron chi connectivity index (χ0n) is 24.0. The van der Waals surface area contributed by atoms with Crippen molar-refractivity contribution in [3.05, 3.63) is 81.2 Å². The first-order valence-electron chi connectivity index (χ1n) is 13.3. The van der Waals surface area contributed by atoms with E-state index in [1.807, 2.05) is 30.3 Å². The summed E-state index contributed by atoms with van der Waals surface area (Å²) in [7, 11) is 2.38. The van der Waals surface area contributed by atoms with E-state index in [9.17, 15) is 24.8 Å². The monoisotopic (exact) mass is 581 g/mol. The SMILES string of the molecule is COC(=O)c1c(C)nc(C)c(C(=O)OC)c1-c1cc([N+](=O)[O-])ccc1OCCCCNC[C@@H](O)COc1ccccc1. The Hall–Kier alpha value is -4.55. The van der Waals surface area contributed by atoms with Crippen LogP contribution in [0.3, 0.4) is 0 Å². The molecule has 0 radical (unpaired) electrons. The number of ether oxygens (including phenoxy) is 4. The van der Waals surface area contributed by atoms with Gasteiger partial charge in [-0.2, -0.15) is 0 Å². The van der Waals surface area contributed by atoms with Gasteiger partial charge in [0, 0.05) is 29.8 Å². The summed E-state index contributed by atoms with van der Waals surface area (Å²) < 4.78 is 21.5. The van der Waals surface area contributed by atoms with Gasteiger partial charge in [-0.3, -0.25) is 15.1 Å². The number of methoxy groups -OCH3 is 2. The molecular weight excluding hydrogens is 546 g/mol.